The molecule has 0 saturated heterocycles. The maximum absolute atomic E-state index is 13.2. The number of hydrogen-bond donors (Lipinski definition) is 1. The van der Waals surface area contributed by atoms with Crippen LogP contribution in [-0.2, 0) is 24.2 Å². The van der Waals surface area contributed by atoms with E-state index in [9.17, 15) is 31.1 Å². The molecule has 0 bridgehead atoms. The summed E-state index contributed by atoms with van der Waals surface area (Å²) in [5.74, 6) is -1.68. The second kappa shape index (κ2) is 8.03. The van der Waals surface area contributed by atoms with Gasteiger partial charge >= 0.3 is 12.4 Å². The van der Waals surface area contributed by atoms with Gasteiger partial charge in [-0.15, -0.1) is 0 Å². The number of aromatic nitrogens is 3. The van der Waals surface area contributed by atoms with E-state index in [-0.39, 0.29) is 6.07 Å². The molecule has 0 aliphatic carbocycles. The van der Waals surface area contributed by atoms with E-state index < -0.39 is 47.4 Å². The van der Waals surface area contributed by atoms with Crippen LogP contribution in [0.5, 0.6) is 0 Å². The summed E-state index contributed by atoms with van der Waals surface area (Å²) in [4.78, 5) is 16.8. The van der Waals surface area contributed by atoms with Gasteiger partial charge in [0.15, 0.2) is 0 Å². The first-order valence-corrected chi connectivity index (χ1v) is 8.84. The first-order chi connectivity index (χ1) is 14.8. The smallest absolute Gasteiger partial charge is 0.360 e. The Kier molecular flexibility index (Phi) is 5.73. The number of rotatable bonds is 4. The minimum atomic E-state index is -5.23. The average molecular weight is 456 g/mol. The van der Waals surface area contributed by atoms with Crippen molar-refractivity contribution < 1.29 is 31.1 Å². The summed E-state index contributed by atoms with van der Waals surface area (Å²) in [5.41, 5.74) is -3.57. The number of alkyl halides is 6. The molecule has 1 aromatic carbocycles. The van der Waals surface area contributed by atoms with Gasteiger partial charge in [-0.2, -0.15) is 36.7 Å². The van der Waals surface area contributed by atoms with Crippen LogP contribution in [0.4, 0.5) is 37.8 Å². The highest BCUT2D eigenvalue weighted by Gasteiger charge is 2.41. The second-order valence-electron chi connectivity index (χ2n) is 6.70. The lowest BCUT2D eigenvalue weighted by Crippen LogP contribution is -2.32. The molecule has 0 spiro atoms. The third-order valence-electron chi connectivity index (χ3n) is 4.63. The Labute approximate surface area is 176 Å². The molecule has 32 heavy (non-hydrogen) atoms. The molecule has 7 nitrogen and oxygen atoms in total. The lowest BCUT2D eigenvalue weighted by atomic mass is 10.1. The number of anilines is 2. The number of hydrogen-bond acceptors (Lipinski definition) is 5. The van der Waals surface area contributed by atoms with Crippen LogP contribution in [-0.4, -0.2) is 34.3 Å². The first kappa shape index (κ1) is 22.9. The molecular weight excluding hydrogens is 442 g/mol. The van der Waals surface area contributed by atoms with Crippen LogP contribution in [0, 0.1) is 11.3 Å². The Balaban J connectivity index is 1.89. The second-order valence-corrected chi connectivity index (χ2v) is 6.70. The summed E-state index contributed by atoms with van der Waals surface area (Å²) in [6.07, 6.45) is -8.85. The van der Waals surface area contributed by atoms with Gasteiger partial charge < -0.3 is 10.2 Å². The Morgan fingerprint density at radius 1 is 1.19 bits per heavy atom. The van der Waals surface area contributed by atoms with E-state index in [4.69, 9.17) is 5.26 Å². The highest BCUT2D eigenvalue weighted by Crippen LogP contribution is 2.38. The van der Waals surface area contributed by atoms with Crippen LogP contribution < -0.4 is 10.2 Å². The van der Waals surface area contributed by atoms with E-state index in [2.05, 4.69) is 15.4 Å². The number of aryl methyl sites for hydroxylation is 1. The normalized spacial score (nSPS) is 12.0. The fraction of sp³-hybridized carbons (Fsp3) is 0.263. The molecule has 0 atom stereocenters. The van der Waals surface area contributed by atoms with Gasteiger partial charge in [-0.1, -0.05) is 0 Å². The van der Waals surface area contributed by atoms with E-state index in [1.807, 2.05) is 0 Å². The van der Waals surface area contributed by atoms with Crippen molar-refractivity contribution in [2.45, 2.75) is 12.4 Å². The number of benzene rings is 1. The summed E-state index contributed by atoms with van der Waals surface area (Å²) in [6.45, 7) is -0.706. The van der Waals surface area contributed by atoms with Gasteiger partial charge in [-0.25, -0.2) is 4.98 Å². The van der Waals surface area contributed by atoms with Gasteiger partial charge in [0.1, 0.15) is 23.1 Å². The highest BCUT2D eigenvalue weighted by atomic mass is 19.4. The number of fused-ring (bicyclic) bond motifs is 1. The van der Waals surface area contributed by atoms with E-state index in [0.717, 1.165) is 15.8 Å². The monoisotopic (exact) mass is 456 g/mol. The van der Waals surface area contributed by atoms with Crippen LogP contribution in [0.3, 0.4) is 0 Å². The van der Waals surface area contributed by atoms with Gasteiger partial charge in [-0.3, -0.25) is 9.48 Å². The third kappa shape index (κ3) is 4.43. The first-order valence-electron chi connectivity index (χ1n) is 8.84. The maximum atomic E-state index is 13.2. The van der Waals surface area contributed by atoms with Crippen LogP contribution in [0.25, 0.3) is 10.9 Å². The molecule has 2 heterocycles. The number of nitrogens with zero attached hydrogens (tertiary/aromatic N) is 5. The van der Waals surface area contributed by atoms with Crippen molar-refractivity contribution in [1.29, 1.82) is 5.26 Å². The SMILES string of the molecule is CN(C(=O)CNc1nc(C(F)(F)F)cc(C(F)(F)F)c1C#N)c1ccc2c(cnn2C)c1. The number of nitriles is 1. The molecule has 0 aliphatic rings. The number of likely N-dealkylation sites (N-methyl/N-ethyl adjacent to an activating group) is 1. The molecule has 0 radical (unpaired) electrons. The standard InChI is InChI=1S/C19H14F6N6O/c1-30(11-3-4-14-10(5-11)8-28-31(14)2)16(32)9-27-17-12(7-26)13(18(20,21)22)6-15(29-17)19(23,24)25/h3-6,8H,9H2,1-2H3,(H,27,29). The van der Waals surface area contributed by atoms with Gasteiger partial charge in [-0.05, 0) is 24.3 Å². The topological polar surface area (TPSA) is 86.8 Å². The number of halogens is 6. The third-order valence-corrected chi connectivity index (χ3v) is 4.63. The Bertz CT molecular complexity index is 1220. The van der Waals surface area contributed by atoms with Crippen molar-refractivity contribution in [3.63, 3.8) is 0 Å². The average Bonchev–Trinajstić information content (AvgIpc) is 3.09. The lowest BCUT2D eigenvalue weighted by Gasteiger charge is -2.19. The molecule has 1 amide bonds. The molecule has 0 saturated carbocycles. The van der Waals surface area contributed by atoms with E-state index in [0.29, 0.717) is 5.69 Å². The summed E-state index contributed by atoms with van der Waals surface area (Å²) in [5, 5.41) is 16.0. The van der Waals surface area contributed by atoms with Crippen molar-refractivity contribution in [3.05, 3.63) is 47.3 Å². The fourth-order valence-electron chi connectivity index (χ4n) is 2.94. The molecule has 1 N–H and O–H groups in total. The molecule has 13 heteroatoms. The number of carbonyl (C=O) groups excluding carboxylic acids is 1. The molecule has 3 rings (SSSR count). The zero-order valence-electron chi connectivity index (χ0n) is 16.5. The zero-order chi connectivity index (χ0) is 23.8. The van der Waals surface area contributed by atoms with Crippen LogP contribution in [0.15, 0.2) is 30.5 Å². The van der Waals surface area contributed by atoms with Gasteiger partial charge in [0, 0.05) is 25.2 Å². The van der Waals surface area contributed by atoms with Gasteiger partial charge in [0.2, 0.25) is 5.91 Å². The van der Waals surface area contributed by atoms with Crippen LogP contribution in [0.2, 0.25) is 0 Å². The van der Waals surface area contributed by atoms with Crippen molar-refractivity contribution in [3.8, 4) is 6.07 Å². The van der Waals surface area contributed by atoms with Crippen molar-refractivity contribution in [2.75, 3.05) is 23.8 Å². The van der Waals surface area contributed by atoms with E-state index >= 15 is 0 Å². The zero-order valence-corrected chi connectivity index (χ0v) is 16.5. The van der Waals surface area contributed by atoms with E-state index in [1.165, 1.54) is 13.1 Å². The number of nitrogens with one attached hydrogen (secondary N) is 1. The lowest BCUT2D eigenvalue weighted by molar-refractivity contribution is -0.145. The molecule has 0 unspecified atom stereocenters. The quantitative estimate of drug-likeness (QED) is 0.601. The Morgan fingerprint density at radius 3 is 2.47 bits per heavy atom. The summed E-state index contributed by atoms with van der Waals surface area (Å²) >= 11 is 0. The molecule has 168 valence electrons. The predicted molar refractivity (Wildman–Crippen MR) is 102 cm³/mol. The minimum absolute atomic E-state index is 0.235. The number of carbonyl (C=O) groups is 1. The van der Waals surface area contributed by atoms with Crippen LogP contribution >= 0.6 is 0 Å². The molecule has 2 aromatic heterocycles. The molecule has 0 aliphatic heterocycles. The number of amides is 1. The van der Waals surface area contributed by atoms with Crippen molar-refractivity contribution in [2.24, 2.45) is 7.05 Å². The van der Waals surface area contributed by atoms with Crippen molar-refractivity contribution >= 4 is 28.3 Å². The Hall–Kier alpha value is -3.82. The molecular formula is C19H14F6N6O. The fourth-order valence-corrected chi connectivity index (χ4v) is 2.94. The highest BCUT2D eigenvalue weighted by molar-refractivity contribution is 5.97. The molecule has 3 aromatic rings. The minimum Gasteiger partial charge on any atom is -0.360 e. The van der Waals surface area contributed by atoms with E-state index in [1.54, 1.807) is 36.1 Å². The van der Waals surface area contributed by atoms with Crippen molar-refractivity contribution in [1.82, 2.24) is 14.8 Å². The largest absolute Gasteiger partial charge is 0.433 e. The molecule has 0 fully saturated rings. The van der Waals surface area contributed by atoms with Gasteiger partial charge in [0.05, 0.1) is 23.8 Å². The van der Waals surface area contributed by atoms with Gasteiger partial charge in [0.25, 0.3) is 0 Å². The summed E-state index contributed by atoms with van der Waals surface area (Å²) in [6, 6.07) is 5.92. The number of pyridine rings is 1. The van der Waals surface area contributed by atoms with Crippen LogP contribution in [0.1, 0.15) is 16.8 Å². The summed E-state index contributed by atoms with van der Waals surface area (Å²) < 4.78 is 80.3. The maximum Gasteiger partial charge on any atom is 0.433 e. The summed E-state index contributed by atoms with van der Waals surface area (Å²) in [7, 11) is 3.11. The predicted octanol–water partition coefficient (Wildman–Crippen LogP) is 3.95. The Morgan fingerprint density at radius 2 is 1.88 bits per heavy atom.